The average Bonchev–Trinajstić information content (AvgIpc) is 3.91. The molecule has 0 atom stereocenters. The van der Waals surface area contributed by atoms with Gasteiger partial charge >= 0.3 is 0 Å². The molecule has 0 N–H and O–H groups in total. The monoisotopic (exact) mass is 930 g/mol. The highest BCUT2D eigenvalue weighted by Crippen LogP contribution is 2.38. The molecule has 2 heterocycles. The van der Waals surface area contributed by atoms with E-state index in [0.29, 0.717) is 11.3 Å². The molecule has 0 saturated heterocycles. The molecule has 0 fully saturated rings. The van der Waals surface area contributed by atoms with Crippen LogP contribution >= 0.6 is 15.9 Å². The van der Waals surface area contributed by atoms with Gasteiger partial charge in [0.15, 0.2) is 5.69 Å². The zero-order valence-corrected chi connectivity index (χ0v) is 37.8. The summed E-state index contributed by atoms with van der Waals surface area (Å²) in [5, 5.41) is 13.7. The Balaban J connectivity index is 0.000000408. The van der Waals surface area contributed by atoms with E-state index in [4.69, 9.17) is 11.8 Å². The van der Waals surface area contributed by atoms with E-state index in [2.05, 4.69) is 206 Å². The van der Waals surface area contributed by atoms with Gasteiger partial charge < -0.3 is 9.13 Å². The van der Waals surface area contributed by atoms with Crippen LogP contribution in [0.1, 0.15) is 14.1 Å². The topological polar surface area (TPSA) is 38.0 Å². The number of hydrogen-bond donors (Lipinski definition) is 0. The standard InChI is InChI=1S/C49H31N3.C13H8BrN.6H2/c1-50-39-26-22-35(23-27-39)36-10-9-13-41(30-36)52-47-17-8-6-15-43(47)45-32-38(25-29-49(45)52)34-20-18-33(19-21-34)37-24-28-48-44(31-37)42-14-5-7-16-46(42)51(48)40-11-3-2-4-12-40;14-13-3-1-2-12(8-13)11-6-4-10(9-15)5-7-11;;;;;;/h2-32H;1-8H;6*1H. The minimum Gasteiger partial charge on any atom is -0.309 e. The van der Waals surface area contributed by atoms with Crippen LogP contribution in [0.25, 0.3) is 104 Å². The van der Waals surface area contributed by atoms with Crippen molar-refractivity contribution in [3.05, 3.63) is 258 Å². The SMILES string of the molecule is N#Cc1ccc(-c2cccc(Br)c2)cc1.[C-]#[N+]c1ccc(-c2cccc(-n3c4ccccc4c4cc(-c5ccc(-c6ccc7c(c6)c6ccccc6n7-c6ccccc6)cc5)ccc43)c2)cc1.[HH].[HH].[HH].[HH].[HH].[HH]. The Bertz CT molecular complexity index is 3900. The fourth-order valence-corrected chi connectivity index (χ4v) is 9.65. The summed E-state index contributed by atoms with van der Waals surface area (Å²) in [5.41, 5.74) is 17.7. The van der Waals surface area contributed by atoms with Gasteiger partial charge in [-0.1, -0.05) is 168 Å². The van der Waals surface area contributed by atoms with E-state index in [0.717, 1.165) is 32.4 Å². The molecule has 0 radical (unpaired) electrons. The highest BCUT2D eigenvalue weighted by molar-refractivity contribution is 9.10. The molecular weight excluding hydrogens is 881 g/mol. The van der Waals surface area contributed by atoms with E-state index < -0.39 is 0 Å². The maximum absolute atomic E-state index is 8.69. The van der Waals surface area contributed by atoms with E-state index >= 15 is 0 Å². The van der Waals surface area contributed by atoms with E-state index in [1.165, 1.54) is 71.6 Å². The minimum atomic E-state index is 0. The fourth-order valence-electron chi connectivity index (χ4n) is 9.25. The molecule has 67 heavy (non-hydrogen) atoms. The van der Waals surface area contributed by atoms with Crippen molar-refractivity contribution in [1.82, 2.24) is 9.13 Å². The summed E-state index contributed by atoms with van der Waals surface area (Å²) < 4.78 is 5.78. The Hall–Kier alpha value is -8.74. The summed E-state index contributed by atoms with van der Waals surface area (Å²) in [6.45, 7) is 7.31. The molecule has 10 aromatic carbocycles. The third kappa shape index (κ3) is 7.85. The van der Waals surface area contributed by atoms with Gasteiger partial charge in [-0.05, 0) is 129 Å². The number of hydrogen-bond acceptors (Lipinski definition) is 1. The van der Waals surface area contributed by atoms with Crippen molar-refractivity contribution >= 4 is 65.2 Å². The predicted molar refractivity (Wildman–Crippen MR) is 295 cm³/mol. The van der Waals surface area contributed by atoms with Crippen LogP contribution in [0.2, 0.25) is 0 Å². The number of fused-ring (bicyclic) bond motifs is 6. The van der Waals surface area contributed by atoms with Crippen molar-refractivity contribution in [1.29, 1.82) is 5.26 Å². The van der Waals surface area contributed by atoms with E-state index in [-0.39, 0.29) is 8.56 Å². The van der Waals surface area contributed by atoms with Crippen molar-refractivity contribution in [3.8, 4) is 62.0 Å². The van der Waals surface area contributed by atoms with E-state index in [1.807, 2.05) is 66.7 Å². The van der Waals surface area contributed by atoms with E-state index in [9.17, 15) is 0 Å². The molecule has 12 aromatic rings. The number of benzene rings is 10. The highest BCUT2D eigenvalue weighted by Gasteiger charge is 2.16. The molecular formula is C62H51BrN4. The number of nitrogens with zero attached hydrogens (tertiary/aromatic N) is 4. The summed E-state index contributed by atoms with van der Waals surface area (Å²) in [6, 6.07) is 84.9. The molecule has 12 rings (SSSR count). The number of nitriles is 1. The quantitative estimate of drug-likeness (QED) is 0.153. The zero-order valence-electron chi connectivity index (χ0n) is 36.2. The first kappa shape index (κ1) is 41.0. The molecule has 0 bridgehead atoms. The van der Waals surface area contributed by atoms with Crippen LogP contribution in [0.15, 0.2) is 241 Å². The lowest BCUT2D eigenvalue weighted by molar-refractivity contribution is 1.18. The second-order valence-electron chi connectivity index (χ2n) is 16.5. The Kier molecular flexibility index (Phi) is 10.8. The van der Waals surface area contributed by atoms with Crippen LogP contribution in [0.5, 0.6) is 0 Å². The first-order chi connectivity index (χ1) is 33.0. The molecule has 0 aliphatic rings. The third-order valence-electron chi connectivity index (χ3n) is 12.5. The minimum absolute atomic E-state index is 0. The number of aromatic nitrogens is 2. The van der Waals surface area contributed by atoms with Gasteiger partial charge in [0.05, 0.1) is 40.3 Å². The molecule has 5 heteroatoms. The second-order valence-corrected chi connectivity index (χ2v) is 17.4. The van der Waals surface area contributed by atoms with Crippen LogP contribution in [0.4, 0.5) is 5.69 Å². The molecule has 0 aliphatic carbocycles. The van der Waals surface area contributed by atoms with Gasteiger partial charge in [0.2, 0.25) is 0 Å². The maximum Gasteiger partial charge on any atom is 0.187 e. The van der Waals surface area contributed by atoms with Crippen molar-refractivity contribution in [2.24, 2.45) is 0 Å². The normalized spacial score (nSPS) is 11.0. The highest BCUT2D eigenvalue weighted by atomic mass is 79.9. The van der Waals surface area contributed by atoms with Crippen LogP contribution in [-0.4, -0.2) is 9.13 Å². The van der Waals surface area contributed by atoms with Gasteiger partial charge in [0, 0.05) is 46.0 Å². The molecule has 4 nitrogen and oxygen atoms in total. The van der Waals surface area contributed by atoms with Gasteiger partial charge in [-0.15, -0.1) is 0 Å². The molecule has 2 aromatic heterocycles. The summed E-state index contributed by atoms with van der Waals surface area (Å²) in [7, 11) is 0. The van der Waals surface area contributed by atoms with Gasteiger partial charge in [-0.3, -0.25) is 0 Å². The lowest BCUT2D eigenvalue weighted by Crippen LogP contribution is -1.94. The summed E-state index contributed by atoms with van der Waals surface area (Å²) in [5.74, 6) is 0. The number of para-hydroxylation sites is 3. The number of rotatable bonds is 6. The van der Waals surface area contributed by atoms with Crippen molar-refractivity contribution < 1.29 is 8.56 Å². The van der Waals surface area contributed by atoms with Crippen LogP contribution in [-0.2, 0) is 0 Å². The van der Waals surface area contributed by atoms with Crippen LogP contribution in [0.3, 0.4) is 0 Å². The molecule has 0 saturated carbocycles. The van der Waals surface area contributed by atoms with Crippen molar-refractivity contribution in [2.75, 3.05) is 0 Å². The Labute approximate surface area is 406 Å². The van der Waals surface area contributed by atoms with Crippen molar-refractivity contribution in [3.63, 3.8) is 0 Å². The smallest absolute Gasteiger partial charge is 0.187 e. The third-order valence-corrected chi connectivity index (χ3v) is 13.0. The predicted octanol–water partition coefficient (Wildman–Crippen LogP) is 18.9. The Morgan fingerprint density at radius 3 is 1.33 bits per heavy atom. The molecule has 0 amide bonds. The average molecular weight is 932 g/mol. The molecule has 0 aliphatic heterocycles. The van der Waals surface area contributed by atoms with Gasteiger partial charge in [-0.2, -0.15) is 5.26 Å². The van der Waals surface area contributed by atoms with Gasteiger partial charge in [-0.25, -0.2) is 4.85 Å². The van der Waals surface area contributed by atoms with Crippen molar-refractivity contribution in [2.45, 2.75) is 0 Å². The maximum atomic E-state index is 8.69. The fraction of sp³-hybridized carbons (Fsp3) is 0. The summed E-state index contributed by atoms with van der Waals surface area (Å²) in [6.07, 6.45) is 0. The van der Waals surface area contributed by atoms with Gasteiger partial charge in [0.1, 0.15) is 0 Å². The second kappa shape index (κ2) is 17.7. The molecule has 0 unspecified atom stereocenters. The Morgan fingerprint density at radius 2 is 0.791 bits per heavy atom. The lowest BCUT2D eigenvalue weighted by atomic mass is 9.98. The largest absolute Gasteiger partial charge is 0.309 e. The summed E-state index contributed by atoms with van der Waals surface area (Å²) >= 11 is 3.44. The lowest BCUT2D eigenvalue weighted by Gasteiger charge is -2.11. The Morgan fingerprint density at radius 1 is 0.373 bits per heavy atom. The first-order valence-electron chi connectivity index (χ1n) is 22.1. The molecule has 326 valence electrons. The number of halogens is 1. The van der Waals surface area contributed by atoms with Gasteiger partial charge in [0.25, 0.3) is 0 Å². The molecule has 0 spiro atoms. The first-order valence-corrected chi connectivity index (χ1v) is 22.9. The van der Waals surface area contributed by atoms with Crippen LogP contribution < -0.4 is 0 Å². The summed E-state index contributed by atoms with van der Waals surface area (Å²) in [4.78, 5) is 3.55. The van der Waals surface area contributed by atoms with Crippen LogP contribution in [0, 0.1) is 17.9 Å². The van der Waals surface area contributed by atoms with E-state index in [1.54, 1.807) is 0 Å². The zero-order chi connectivity index (χ0) is 45.3.